The second-order valence-corrected chi connectivity index (χ2v) is 6.96. The highest BCUT2D eigenvalue weighted by molar-refractivity contribution is 9.10. The summed E-state index contributed by atoms with van der Waals surface area (Å²) < 4.78 is 6.50. The molecular weight excluding hydrogens is 384 g/mol. The van der Waals surface area contributed by atoms with Crippen LogP contribution in [0.1, 0.15) is 18.9 Å². The normalized spacial score (nSPS) is 16.7. The summed E-state index contributed by atoms with van der Waals surface area (Å²) in [5, 5.41) is 2.85. The zero-order chi connectivity index (χ0) is 18.0. The number of benzene rings is 2. The summed E-state index contributed by atoms with van der Waals surface area (Å²) in [5.74, 6) is 0.324. The molecule has 0 bridgehead atoms. The first kappa shape index (κ1) is 17.5. The van der Waals surface area contributed by atoms with Crippen molar-refractivity contribution in [1.29, 1.82) is 0 Å². The standard InChI is InChI=1S/C19H19BrN2O3/c1-12-7-8-17(14(20)9-12)25-11-19(24)22-13(2)10-18(23)21-15-5-3-4-6-16(15)22/h3-9,13H,10-11H2,1-2H3,(H,21,23)/t13-/m0/s1. The van der Waals surface area contributed by atoms with Gasteiger partial charge in [0.15, 0.2) is 6.61 Å². The maximum atomic E-state index is 12.8. The number of amides is 2. The van der Waals surface area contributed by atoms with Gasteiger partial charge in [-0.2, -0.15) is 0 Å². The van der Waals surface area contributed by atoms with Gasteiger partial charge in [-0.15, -0.1) is 0 Å². The Balaban J connectivity index is 1.81. The Morgan fingerprint density at radius 2 is 2.08 bits per heavy atom. The van der Waals surface area contributed by atoms with Crippen LogP contribution in [0.5, 0.6) is 5.75 Å². The van der Waals surface area contributed by atoms with Crippen LogP contribution >= 0.6 is 15.9 Å². The molecule has 25 heavy (non-hydrogen) atoms. The van der Waals surface area contributed by atoms with Gasteiger partial charge < -0.3 is 15.0 Å². The lowest BCUT2D eigenvalue weighted by molar-refractivity contribution is -0.121. The molecular formula is C19H19BrN2O3. The van der Waals surface area contributed by atoms with E-state index < -0.39 is 0 Å². The van der Waals surface area contributed by atoms with Gasteiger partial charge in [-0.1, -0.05) is 18.2 Å². The van der Waals surface area contributed by atoms with Crippen molar-refractivity contribution < 1.29 is 14.3 Å². The third-order valence-electron chi connectivity index (χ3n) is 4.07. The number of hydrogen-bond acceptors (Lipinski definition) is 3. The van der Waals surface area contributed by atoms with Crippen molar-refractivity contribution in [2.24, 2.45) is 0 Å². The highest BCUT2D eigenvalue weighted by atomic mass is 79.9. The van der Waals surface area contributed by atoms with E-state index >= 15 is 0 Å². The molecule has 6 heteroatoms. The lowest BCUT2D eigenvalue weighted by Gasteiger charge is -2.27. The molecule has 0 aliphatic carbocycles. The molecule has 0 aromatic heterocycles. The number of fused-ring (bicyclic) bond motifs is 1. The Bertz CT molecular complexity index is 822. The van der Waals surface area contributed by atoms with Crippen molar-refractivity contribution in [3.63, 3.8) is 0 Å². The molecule has 2 amide bonds. The van der Waals surface area contributed by atoms with E-state index in [2.05, 4.69) is 21.2 Å². The van der Waals surface area contributed by atoms with Crippen LogP contribution < -0.4 is 15.0 Å². The fourth-order valence-corrected chi connectivity index (χ4v) is 3.51. The van der Waals surface area contributed by atoms with Gasteiger partial charge in [0.2, 0.25) is 5.91 Å². The number of nitrogens with one attached hydrogen (secondary N) is 1. The van der Waals surface area contributed by atoms with Gasteiger partial charge in [0.05, 0.1) is 15.8 Å². The van der Waals surface area contributed by atoms with E-state index in [1.54, 1.807) is 11.0 Å². The van der Waals surface area contributed by atoms with E-state index in [1.165, 1.54) is 0 Å². The third kappa shape index (κ3) is 3.85. The van der Waals surface area contributed by atoms with E-state index in [1.807, 2.05) is 50.2 Å². The van der Waals surface area contributed by atoms with Gasteiger partial charge in [0, 0.05) is 12.5 Å². The number of hydrogen-bond donors (Lipinski definition) is 1. The molecule has 5 nitrogen and oxygen atoms in total. The van der Waals surface area contributed by atoms with Crippen LogP contribution in [0.25, 0.3) is 0 Å². The number of nitrogens with zero attached hydrogens (tertiary/aromatic N) is 1. The highest BCUT2D eigenvalue weighted by Gasteiger charge is 2.29. The van der Waals surface area contributed by atoms with Crippen molar-refractivity contribution in [3.05, 3.63) is 52.5 Å². The van der Waals surface area contributed by atoms with E-state index in [0.29, 0.717) is 17.1 Å². The summed E-state index contributed by atoms with van der Waals surface area (Å²) >= 11 is 3.45. The summed E-state index contributed by atoms with van der Waals surface area (Å²) in [5.41, 5.74) is 2.43. The van der Waals surface area contributed by atoms with Crippen molar-refractivity contribution in [2.75, 3.05) is 16.8 Å². The van der Waals surface area contributed by atoms with Crippen molar-refractivity contribution in [2.45, 2.75) is 26.3 Å². The van der Waals surface area contributed by atoms with E-state index in [-0.39, 0.29) is 30.9 Å². The monoisotopic (exact) mass is 402 g/mol. The minimum absolute atomic E-state index is 0.0996. The van der Waals surface area contributed by atoms with Gasteiger partial charge in [0.1, 0.15) is 5.75 Å². The second-order valence-electron chi connectivity index (χ2n) is 6.10. The lowest BCUT2D eigenvalue weighted by Crippen LogP contribution is -2.41. The topological polar surface area (TPSA) is 58.6 Å². The molecule has 130 valence electrons. The van der Waals surface area contributed by atoms with Gasteiger partial charge in [-0.25, -0.2) is 0 Å². The number of carbonyl (C=O) groups excluding carboxylic acids is 2. The fraction of sp³-hybridized carbons (Fsp3) is 0.263. The van der Waals surface area contributed by atoms with Gasteiger partial charge in [-0.3, -0.25) is 9.59 Å². The fourth-order valence-electron chi connectivity index (χ4n) is 2.90. The van der Waals surface area contributed by atoms with Crippen LogP contribution in [0.2, 0.25) is 0 Å². The number of halogens is 1. The molecule has 0 fully saturated rings. The molecule has 0 unspecified atom stereocenters. The molecule has 3 rings (SSSR count). The first-order valence-corrected chi connectivity index (χ1v) is 8.85. The number of aryl methyl sites for hydroxylation is 1. The Morgan fingerprint density at radius 1 is 1.32 bits per heavy atom. The van der Waals surface area contributed by atoms with Crippen molar-refractivity contribution in [3.8, 4) is 5.75 Å². The first-order chi connectivity index (χ1) is 12.0. The number of ether oxygens (including phenoxy) is 1. The molecule has 1 heterocycles. The maximum Gasteiger partial charge on any atom is 0.265 e. The van der Waals surface area contributed by atoms with E-state index in [4.69, 9.17) is 4.74 Å². The quantitative estimate of drug-likeness (QED) is 0.846. The predicted octanol–water partition coefficient (Wildman–Crippen LogP) is 3.90. The Morgan fingerprint density at radius 3 is 2.84 bits per heavy atom. The average molecular weight is 403 g/mol. The first-order valence-electron chi connectivity index (χ1n) is 8.05. The summed E-state index contributed by atoms with van der Waals surface area (Å²) in [7, 11) is 0. The van der Waals surface area contributed by atoms with E-state index in [9.17, 15) is 9.59 Å². The van der Waals surface area contributed by atoms with Gasteiger partial charge >= 0.3 is 0 Å². The van der Waals surface area contributed by atoms with Crippen LogP contribution in [-0.2, 0) is 9.59 Å². The minimum atomic E-state index is -0.249. The molecule has 0 saturated heterocycles. The molecule has 2 aromatic carbocycles. The van der Waals surface area contributed by atoms with Crippen LogP contribution in [-0.4, -0.2) is 24.5 Å². The third-order valence-corrected chi connectivity index (χ3v) is 4.69. The van der Waals surface area contributed by atoms with Crippen LogP contribution in [0.4, 0.5) is 11.4 Å². The zero-order valence-electron chi connectivity index (χ0n) is 14.1. The highest BCUT2D eigenvalue weighted by Crippen LogP contribution is 2.32. The van der Waals surface area contributed by atoms with Gasteiger partial charge in [0.25, 0.3) is 5.91 Å². The Kier molecular flexibility index (Phi) is 5.08. The molecule has 2 aromatic rings. The average Bonchev–Trinajstić information content (AvgIpc) is 2.68. The second kappa shape index (κ2) is 7.27. The van der Waals surface area contributed by atoms with Crippen LogP contribution in [0.3, 0.4) is 0 Å². The largest absolute Gasteiger partial charge is 0.483 e. The number of rotatable bonds is 3. The number of anilines is 2. The molecule has 0 saturated carbocycles. The van der Waals surface area contributed by atoms with Crippen LogP contribution in [0, 0.1) is 6.92 Å². The Labute approximate surface area is 155 Å². The van der Waals surface area contributed by atoms with Crippen molar-refractivity contribution >= 4 is 39.1 Å². The SMILES string of the molecule is Cc1ccc(OCC(=O)N2c3ccccc3NC(=O)C[C@@H]2C)c(Br)c1. The lowest BCUT2D eigenvalue weighted by atomic mass is 10.1. The Hall–Kier alpha value is -2.34. The van der Waals surface area contributed by atoms with Crippen molar-refractivity contribution in [1.82, 2.24) is 0 Å². The number of carbonyl (C=O) groups is 2. The molecule has 1 atom stereocenters. The summed E-state index contributed by atoms with van der Waals surface area (Å²) in [6.07, 6.45) is 0.245. The van der Waals surface area contributed by atoms with Gasteiger partial charge in [-0.05, 0) is 59.6 Å². The summed E-state index contributed by atoms with van der Waals surface area (Å²) in [6, 6.07) is 12.8. The summed E-state index contributed by atoms with van der Waals surface area (Å²) in [6.45, 7) is 3.75. The minimum Gasteiger partial charge on any atom is -0.483 e. The number of para-hydroxylation sites is 2. The smallest absolute Gasteiger partial charge is 0.265 e. The molecule has 1 N–H and O–H groups in total. The maximum absolute atomic E-state index is 12.8. The summed E-state index contributed by atoms with van der Waals surface area (Å²) in [4.78, 5) is 26.5. The molecule has 1 aliphatic rings. The van der Waals surface area contributed by atoms with Crippen LogP contribution in [0.15, 0.2) is 46.9 Å². The predicted molar refractivity (Wildman–Crippen MR) is 101 cm³/mol. The molecule has 1 aliphatic heterocycles. The van der Waals surface area contributed by atoms with E-state index in [0.717, 1.165) is 10.0 Å². The molecule has 0 radical (unpaired) electrons. The zero-order valence-corrected chi connectivity index (χ0v) is 15.7. The molecule has 0 spiro atoms.